The van der Waals surface area contributed by atoms with Gasteiger partial charge in [0.1, 0.15) is 5.75 Å². The van der Waals surface area contributed by atoms with Crippen LogP contribution in [-0.2, 0) is 4.79 Å². The third kappa shape index (κ3) is 5.48. The SMILES string of the molecule is CCCCCNC(=O)COc1ccc(Cl)cc1C(N)=O. The second-order valence-corrected chi connectivity index (χ2v) is 4.79. The average molecular weight is 299 g/mol. The molecule has 1 aromatic carbocycles. The van der Waals surface area contributed by atoms with Gasteiger partial charge in [0.15, 0.2) is 6.61 Å². The third-order valence-electron chi connectivity index (χ3n) is 2.67. The van der Waals surface area contributed by atoms with Crippen LogP contribution in [0.5, 0.6) is 5.75 Å². The van der Waals surface area contributed by atoms with E-state index in [1.54, 1.807) is 6.07 Å². The number of benzene rings is 1. The van der Waals surface area contributed by atoms with Crippen LogP contribution in [0.4, 0.5) is 0 Å². The monoisotopic (exact) mass is 298 g/mol. The number of ether oxygens (including phenoxy) is 1. The smallest absolute Gasteiger partial charge is 0.257 e. The van der Waals surface area contributed by atoms with E-state index in [9.17, 15) is 9.59 Å². The summed E-state index contributed by atoms with van der Waals surface area (Å²) in [6.45, 7) is 2.56. The third-order valence-corrected chi connectivity index (χ3v) is 2.90. The zero-order chi connectivity index (χ0) is 15.0. The number of primary amides is 1. The van der Waals surface area contributed by atoms with Crippen molar-refractivity contribution in [3.8, 4) is 5.75 Å². The fraction of sp³-hybridized carbons (Fsp3) is 0.429. The van der Waals surface area contributed by atoms with Crippen LogP contribution < -0.4 is 15.8 Å². The molecule has 2 amide bonds. The summed E-state index contributed by atoms with van der Waals surface area (Å²) in [5.74, 6) is -0.622. The summed E-state index contributed by atoms with van der Waals surface area (Å²) in [5, 5.41) is 3.13. The molecule has 0 saturated carbocycles. The Morgan fingerprint density at radius 1 is 1.35 bits per heavy atom. The van der Waals surface area contributed by atoms with Gasteiger partial charge in [-0.2, -0.15) is 0 Å². The lowest BCUT2D eigenvalue weighted by molar-refractivity contribution is -0.123. The van der Waals surface area contributed by atoms with E-state index in [1.807, 2.05) is 0 Å². The molecule has 1 rings (SSSR count). The summed E-state index contributed by atoms with van der Waals surface area (Å²) in [5.41, 5.74) is 5.39. The second kappa shape index (κ2) is 8.43. The normalized spacial score (nSPS) is 10.1. The van der Waals surface area contributed by atoms with Gasteiger partial charge in [0.25, 0.3) is 11.8 Å². The first-order chi connectivity index (χ1) is 9.54. The molecule has 0 aromatic heterocycles. The van der Waals surface area contributed by atoms with Crippen molar-refractivity contribution in [2.45, 2.75) is 26.2 Å². The van der Waals surface area contributed by atoms with Crippen LogP contribution >= 0.6 is 11.6 Å². The van der Waals surface area contributed by atoms with Crippen molar-refractivity contribution in [1.29, 1.82) is 0 Å². The lowest BCUT2D eigenvalue weighted by Crippen LogP contribution is -2.30. The molecule has 0 bridgehead atoms. The van der Waals surface area contributed by atoms with Crippen LogP contribution in [0.2, 0.25) is 5.02 Å². The van der Waals surface area contributed by atoms with E-state index < -0.39 is 5.91 Å². The number of carbonyl (C=O) groups excluding carboxylic acids is 2. The number of halogens is 1. The van der Waals surface area contributed by atoms with E-state index in [1.165, 1.54) is 12.1 Å². The topological polar surface area (TPSA) is 81.4 Å². The predicted octanol–water partition coefficient (Wildman–Crippen LogP) is 2.12. The number of hydrogen-bond acceptors (Lipinski definition) is 3. The van der Waals surface area contributed by atoms with Gasteiger partial charge in [-0.3, -0.25) is 9.59 Å². The molecule has 3 N–H and O–H groups in total. The van der Waals surface area contributed by atoms with Crippen molar-refractivity contribution >= 4 is 23.4 Å². The maximum absolute atomic E-state index is 11.5. The number of nitrogens with one attached hydrogen (secondary N) is 1. The average Bonchev–Trinajstić information content (AvgIpc) is 2.42. The minimum atomic E-state index is -0.647. The maximum atomic E-state index is 11.5. The fourth-order valence-corrected chi connectivity index (χ4v) is 1.79. The van der Waals surface area contributed by atoms with Crippen molar-refractivity contribution in [3.63, 3.8) is 0 Å². The number of unbranched alkanes of at least 4 members (excludes halogenated alkanes) is 2. The number of amides is 2. The van der Waals surface area contributed by atoms with Crippen molar-refractivity contribution in [2.24, 2.45) is 5.73 Å². The van der Waals surface area contributed by atoms with Crippen molar-refractivity contribution in [2.75, 3.05) is 13.2 Å². The molecule has 0 radical (unpaired) electrons. The standard InChI is InChI=1S/C14H19ClN2O3/c1-2-3-4-7-17-13(18)9-20-12-6-5-10(15)8-11(12)14(16)19/h5-6,8H,2-4,7,9H2,1H3,(H2,16,19)(H,17,18). The number of hydrogen-bond donors (Lipinski definition) is 2. The highest BCUT2D eigenvalue weighted by Gasteiger charge is 2.11. The molecule has 20 heavy (non-hydrogen) atoms. The van der Waals surface area contributed by atoms with Gasteiger partial charge in [-0.1, -0.05) is 31.4 Å². The number of nitrogens with two attached hydrogens (primary N) is 1. The lowest BCUT2D eigenvalue weighted by atomic mass is 10.2. The Kier molecular flexibility index (Phi) is 6.87. The quantitative estimate of drug-likeness (QED) is 0.721. The van der Waals surface area contributed by atoms with Gasteiger partial charge in [0.2, 0.25) is 0 Å². The van der Waals surface area contributed by atoms with E-state index in [2.05, 4.69) is 12.2 Å². The molecular formula is C14H19ClN2O3. The van der Waals surface area contributed by atoms with Gasteiger partial charge in [-0.15, -0.1) is 0 Å². The summed E-state index contributed by atoms with van der Waals surface area (Å²) in [4.78, 5) is 22.8. The van der Waals surface area contributed by atoms with Crippen molar-refractivity contribution in [1.82, 2.24) is 5.32 Å². The number of carbonyl (C=O) groups is 2. The van der Waals surface area contributed by atoms with Gasteiger partial charge in [0.05, 0.1) is 5.56 Å². The molecule has 0 spiro atoms. The fourth-order valence-electron chi connectivity index (χ4n) is 1.62. The molecule has 5 nitrogen and oxygen atoms in total. The Morgan fingerprint density at radius 3 is 2.75 bits per heavy atom. The molecule has 1 aromatic rings. The van der Waals surface area contributed by atoms with Crippen LogP contribution in [0.3, 0.4) is 0 Å². The van der Waals surface area contributed by atoms with Gasteiger partial charge >= 0.3 is 0 Å². The molecule has 6 heteroatoms. The van der Waals surface area contributed by atoms with E-state index in [0.717, 1.165) is 19.3 Å². The maximum Gasteiger partial charge on any atom is 0.257 e. The Morgan fingerprint density at radius 2 is 2.10 bits per heavy atom. The van der Waals surface area contributed by atoms with Crippen LogP contribution in [0.25, 0.3) is 0 Å². The predicted molar refractivity (Wildman–Crippen MR) is 78.0 cm³/mol. The van der Waals surface area contributed by atoms with Crippen LogP contribution in [0.15, 0.2) is 18.2 Å². The van der Waals surface area contributed by atoms with Crippen molar-refractivity contribution in [3.05, 3.63) is 28.8 Å². The van der Waals surface area contributed by atoms with Gasteiger partial charge in [0, 0.05) is 11.6 Å². The minimum Gasteiger partial charge on any atom is -0.483 e. The Labute approximate surface area is 123 Å². The zero-order valence-electron chi connectivity index (χ0n) is 11.4. The van der Waals surface area contributed by atoms with E-state index in [4.69, 9.17) is 22.1 Å². The molecule has 0 unspecified atom stereocenters. The highest BCUT2D eigenvalue weighted by molar-refractivity contribution is 6.31. The van der Waals surface area contributed by atoms with Crippen LogP contribution in [-0.4, -0.2) is 25.0 Å². The van der Waals surface area contributed by atoms with E-state index >= 15 is 0 Å². The highest BCUT2D eigenvalue weighted by atomic mass is 35.5. The molecule has 0 aliphatic rings. The largest absolute Gasteiger partial charge is 0.483 e. The van der Waals surface area contributed by atoms with Crippen LogP contribution in [0, 0.1) is 0 Å². The Balaban J connectivity index is 2.49. The van der Waals surface area contributed by atoms with E-state index in [-0.39, 0.29) is 23.8 Å². The zero-order valence-corrected chi connectivity index (χ0v) is 12.2. The summed E-state index contributed by atoms with van der Waals surface area (Å²) in [6, 6.07) is 4.51. The molecule has 0 atom stereocenters. The van der Waals surface area contributed by atoms with Gasteiger partial charge < -0.3 is 15.8 Å². The lowest BCUT2D eigenvalue weighted by Gasteiger charge is -2.10. The summed E-state index contributed by atoms with van der Waals surface area (Å²) < 4.78 is 5.30. The summed E-state index contributed by atoms with van der Waals surface area (Å²) in [6.07, 6.45) is 3.11. The molecule has 0 saturated heterocycles. The van der Waals surface area contributed by atoms with Gasteiger partial charge in [-0.05, 0) is 24.6 Å². The number of rotatable bonds is 8. The van der Waals surface area contributed by atoms with Gasteiger partial charge in [-0.25, -0.2) is 0 Å². The molecule has 0 aliphatic heterocycles. The summed E-state index contributed by atoms with van der Waals surface area (Å²) in [7, 11) is 0. The Hall–Kier alpha value is -1.75. The second-order valence-electron chi connectivity index (χ2n) is 4.35. The first-order valence-electron chi connectivity index (χ1n) is 6.53. The minimum absolute atomic E-state index is 0.159. The van der Waals surface area contributed by atoms with Crippen molar-refractivity contribution < 1.29 is 14.3 Å². The first-order valence-corrected chi connectivity index (χ1v) is 6.91. The molecule has 110 valence electrons. The van der Waals surface area contributed by atoms with E-state index in [0.29, 0.717) is 11.6 Å². The first kappa shape index (κ1) is 16.3. The summed E-state index contributed by atoms with van der Waals surface area (Å²) >= 11 is 5.78. The Bertz CT molecular complexity index is 477. The highest BCUT2D eigenvalue weighted by Crippen LogP contribution is 2.22. The molecule has 0 fully saturated rings. The molecule has 0 heterocycles. The molecule has 0 aliphatic carbocycles. The van der Waals surface area contributed by atoms with Crippen LogP contribution in [0.1, 0.15) is 36.5 Å². The molecular weight excluding hydrogens is 280 g/mol.